The second-order valence-electron chi connectivity index (χ2n) is 4.12. The number of unbranched alkanes of at least 4 members (excludes halogenated alkanes) is 7. The Morgan fingerprint density at radius 1 is 0.786 bits per heavy atom. The molecular weight excluding hydrogens is 298 g/mol. The monoisotopic (exact) mass is 326 g/mol. The molecular formula is C12H27AsSe. The summed E-state index contributed by atoms with van der Waals surface area (Å²) >= 11 is 0.825. The van der Waals surface area contributed by atoms with Gasteiger partial charge in [-0.15, -0.1) is 0 Å². The van der Waals surface area contributed by atoms with E-state index in [9.17, 15) is 0 Å². The molecule has 0 rings (SSSR count). The van der Waals surface area contributed by atoms with E-state index < -0.39 is 0 Å². The van der Waals surface area contributed by atoms with Crippen molar-refractivity contribution in [3.63, 3.8) is 0 Å². The van der Waals surface area contributed by atoms with E-state index in [-0.39, 0.29) is 12.8 Å². The second-order valence-corrected chi connectivity index (χ2v) is 19.7. The minimum atomic E-state index is -0.240. The molecule has 0 N–H and O–H groups in total. The molecule has 0 saturated heterocycles. The van der Waals surface area contributed by atoms with Gasteiger partial charge in [-0.25, -0.2) is 0 Å². The van der Waals surface area contributed by atoms with Crippen molar-refractivity contribution in [2.75, 3.05) is 0 Å². The van der Waals surface area contributed by atoms with E-state index in [1.165, 1.54) is 51.4 Å². The molecule has 0 fully saturated rings. The standard InChI is InChI=1S/C12H27AsSe/c1-4-5-6-7-8-9-10-11-12-14-13(2)3/h4-12H2,1-3H3. The molecule has 0 amide bonds. The predicted octanol–water partition coefficient (Wildman–Crippen LogP) is 4.50. The zero-order chi connectivity index (χ0) is 10.6. The van der Waals surface area contributed by atoms with Crippen molar-refractivity contribution in [3.8, 4) is 0 Å². The summed E-state index contributed by atoms with van der Waals surface area (Å²) in [6.07, 6.45) is 11.8. The SMILES string of the molecule is CCCCCCCCCC[Se][As](C)C. The van der Waals surface area contributed by atoms with E-state index in [2.05, 4.69) is 18.3 Å². The van der Waals surface area contributed by atoms with Crippen molar-refractivity contribution in [1.29, 1.82) is 0 Å². The molecule has 86 valence electrons. The van der Waals surface area contributed by atoms with Gasteiger partial charge in [0.1, 0.15) is 0 Å². The Balaban J connectivity index is 2.85. The van der Waals surface area contributed by atoms with E-state index in [0.29, 0.717) is 0 Å². The molecule has 0 spiro atoms. The minimum absolute atomic E-state index is 0.240. The average molecular weight is 325 g/mol. The maximum absolute atomic E-state index is 2.50. The van der Waals surface area contributed by atoms with Crippen LogP contribution in [0.2, 0.25) is 16.7 Å². The zero-order valence-electron chi connectivity index (χ0n) is 10.2. The summed E-state index contributed by atoms with van der Waals surface area (Å²) in [6.45, 7) is 2.29. The van der Waals surface area contributed by atoms with Crippen LogP contribution in [0.4, 0.5) is 0 Å². The average Bonchev–Trinajstić information content (AvgIpc) is 2.15. The first-order valence-corrected chi connectivity index (χ1v) is 15.8. The fourth-order valence-corrected chi connectivity index (χ4v) is 8.34. The van der Waals surface area contributed by atoms with Crippen LogP contribution in [0.1, 0.15) is 58.3 Å². The van der Waals surface area contributed by atoms with Gasteiger partial charge in [0.15, 0.2) is 0 Å². The van der Waals surface area contributed by atoms with Crippen LogP contribution in [0.25, 0.3) is 0 Å². The van der Waals surface area contributed by atoms with Gasteiger partial charge >= 0.3 is 101 Å². The summed E-state index contributed by atoms with van der Waals surface area (Å²) in [5, 5.41) is 1.58. The van der Waals surface area contributed by atoms with Gasteiger partial charge in [-0.2, -0.15) is 0 Å². The molecule has 0 aliphatic heterocycles. The van der Waals surface area contributed by atoms with Gasteiger partial charge in [-0.3, -0.25) is 0 Å². The molecule has 0 nitrogen and oxygen atoms in total. The molecule has 0 radical (unpaired) electrons. The van der Waals surface area contributed by atoms with Gasteiger partial charge in [0.25, 0.3) is 0 Å². The van der Waals surface area contributed by atoms with Crippen molar-refractivity contribution in [1.82, 2.24) is 0 Å². The summed E-state index contributed by atoms with van der Waals surface area (Å²) in [7, 11) is 0. The summed E-state index contributed by atoms with van der Waals surface area (Å²) < 4.78 is 0. The maximum atomic E-state index is 2.50. The molecule has 14 heavy (non-hydrogen) atoms. The second kappa shape index (κ2) is 12.1. The van der Waals surface area contributed by atoms with E-state index in [1.54, 1.807) is 5.32 Å². The van der Waals surface area contributed by atoms with Gasteiger partial charge in [-0.1, -0.05) is 0 Å². The fraction of sp³-hybridized carbons (Fsp3) is 1.00. The van der Waals surface area contributed by atoms with Crippen LogP contribution >= 0.6 is 0 Å². The van der Waals surface area contributed by atoms with Gasteiger partial charge in [0, 0.05) is 0 Å². The molecule has 0 aliphatic rings. The first kappa shape index (κ1) is 15.1. The summed E-state index contributed by atoms with van der Waals surface area (Å²) in [6, 6.07) is 0. The van der Waals surface area contributed by atoms with Crippen LogP contribution in [0, 0.1) is 0 Å². The topological polar surface area (TPSA) is 0 Å². The Morgan fingerprint density at radius 3 is 1.79 bits per heavy atom. The van der Waals surface area contributed by atoms with Crippen LogP contribution < -0.4 is 0 Å². The van der Waals surface area contributed by atoms with Crippen LogP contribution in [0.5, 0.6) is 0 Å². The number of hydrogen-bond donors (Lipinski definition) is 0. The first-order chi connectivity index (χ1) is 6.77. The Morgan fingerprint density at radius 2 is 1.29 bits per heavy atom. The molecule has 0 aromatic heterocycles. The summed E-state index contributed by atoms with van der Waals surface area (Å²) in [5.74, 6) is 0. The van der Waals surface area contributed by atoms with Gasteiger partial charge in [0.05, 0.1) is 0 Å². The van der Waals surface area contributed by atoms with Crippen molar-refractivity contribution >= 4 is 25.7 Å². The van der Waals surface area contributed by atoms with E-state index in [4.69, 9.17) is 0 Å². The van der Waals surface area contributed by atoms with Gasteiger partial charge in [-0.05, 0) is 0 Å². The molecule has 0 bridgehead atoms. The first-order valence-electron chi connectivity index (χ1n) is 6.07. The molecule has 0 aromatic carbocycles. The predicted molar refractivity (Wildman–Crippen MR) is 70.7 cm³/mol. The third kappa shape index (κ3) is 13.1. The zero-order valence-corrected chi connectivity index (χ0v) is 13.8. The van der Waals surface area contributed by atoms with Crippen LogP contribution in [0.15, 0.2) is 0 Å². The van der Waals surface area contributed by atoms with Crippen molar-refractivity contribution in [2.45, 2.75) is 75.0 Å². The van der Waals surface area contributed by atoms with Crippen molar-refractivity contribution < 1.29 is 0 Å². The third-order valence-electron chi connectivity index (χ3n) is 2.35. The van der Waals surface area contributed by atoms with Crippen LogP contribution in [-0.4, -0.2) is 25.7 Å². The van der Waals surface area contributed by atoms with Crippen LogP contribution in [0.3, 0.4) is 0 Å². The van der Waals surface area contributed by atoms with E-state index in [1.807, 2.05) is 0 Å². The van der Waals surface area contributed by atoms with Crippen molar-refractivity contribution in [3.05, 3.63) is 0 Å². The summed E-state index contributed by atoms with van der Waals surface area (Å²) in [5.41, 5.74) is 5.00. The molecule has 0 atom stereocenters. The summed E-state index contributed by atoms with van der Waals surface area (Å²) in [4.78, 5) is 0. The Labute approximate surface area is 100 Å². The van der Waals surface area contributed by atoms with Gasteiger partial charge < -0.3 is 0 Å². The Kier molecular flexibility index (Phi) is 13.1. The molecule has 0 aliphatic carbocycles. The molecule has 0 heterocycles. The van der Waals surface area contributed by atoms with E-state index in [0.717, 1.165) is 13.0 Å². The molecule has 0 saturated carbocycles. The van der Waals surface area contributed by atoms with Crippen LogP contribution in [-0.2, 0) is 0 Å². The molecule has 0 aromatic rings. The van der Waals surface area contributed by atoms with Gasteiger partial charge in [0.2, 0.25) is 0 Å². The van der Waals surface area contributed by atoms with Crippen molar-refractivity contribution in [2.24, 2.45) is 0 Å². The Bertz CT molecular complexity index is 104. The quantitative estimate of drug-likeness (QED) is 0.410. The third-order valence-corrected chi connectivity index (χ3v) is 12.0. The number of hydrogen-bond acceptors (Lipinski definition) is 0. The Hall–Kier alpha value is 1.08. The number of rotatable bonds is 10. The fourth-order valence-electron chi connectivity index (χ4n) is 1.48. The molecule has 2 heteroatoms. The normalized spacial score (nSPS) is 11.1. The molecule has 0 unspecified atom stereocenters. The van der Waals surface area contributed by atoms with E-state index >= 15 is 0 Å².